The Labute approximate surface area is 153 Å². The molecule has 2 aromatic heterocycles. The van der Waals surface area contributed by atoms with Crippen molar-refractivity contribution < 1.29 is 44.8 Å². The summed E-state index contributed by atoms with van der Waals surface area (Å²) in [4.78, 5) is 32.9. The molecule has 2 heterocycles. The SMILES string of the molecule is O=C(CCCCCC(=O)C(O)On1c(O)ccc1O)On1c(O)ccc1O. The van der Waals surface area contributed by atoms with Gasteiger partial charge in [0.05, 0.1) is 0 Å². The molecule has 0 aliphatic heterocycles. The Kier molecular flexibility index (Phi) is 6.55. The van der Waals surface area contributed by atoms with Crippen LogP contribution in [0.3, 0.4) is 0 Å². The Bertz CT molecular complexity index is 757. The number of nitrogens with zero attached hydrogens (tertiary/aromatic N) is 2. The fourth-order valence-electron chi connectivity index (χ4n) is 2.18. The molecule has 0 saturated carbocycles. The van der Waals surface area contributed by atoms with E-state index in [1.54, 1.807) is 0 Å². The van der Waals surface area contributed by atoms with Crippen molar-refractivity contribution in [2.24, 2.45) is 0 Å². The lowest BCUT2D eigenvalue weighted by atomic mass is 10.1. The molecule has 0 aliphatic rings. The van der Waals surface area contributed by atoms with Crippen LogP contribution in [-0.4, -0.2) is 53.0 Å². The van der Waals surface area contributed by atoms with Crippen LogP contribution >= 0.6 is 0 Å². The molecule has 0 aromatic carbocycles. The van der Waals surface area contributed by atoms with E-state index in [1.807, 2.05) is 0 Å². The van der Waals surface area contributed by atoms with Crippen molar-refractivity contribution in [3.63, 3.8) is 0 Å². The largest absolute Gasteiger partial charge is 0.492 e. The summed E-state index contributed by atoms with van der Waals surface area (Å²) in [6.07, 6.45) is -0.703. The van der Waals surface area contributed by atoms with Gasteiger partial charge in [-0.2, -0.15) is 0 Å². The monoisotopic (exact) mass is 384 g/mol. The first-order chi connectivity index (χ1) is 12.8. The van der Waals surface area contributed by atoms with E-state index >= 15 is 0 Å². The van der Waals surface area contributed by atoms with E-state index in [0.717, 1.165) is 24.3 Å². The maximum atomic E-state index is 11.8. The second-order valence-corrected chi connectivity index (χ2v) is 5.64. The van der Waals surface area contributed by atoms with Gasteiger partial charge in [-0.25, -0.2) is 4.79 Å². The minimum atomic E-state index is -1.86. The Balaban J connectivity index is 1.64. The fraction of sp³-hybridized carbons (Fsp3) is 0.375. The Morgan fingerprint density at radius 2 is 1.30 bits per heavy atom. The Morgan fingerprint density at radius 1 is 0.815 bits per heavy atom. The maximum Gasteiger partial charge on any atom is 0.333 e. The van der Waals surface area contributed by atoms with Crippen LogP contribution in [0.1, 0.15) is 32.1 Å². The van der Waals surface area contributed by atoms with Crippen molar-refractivity contribution in [3.05, 3.63) is 24.3 Å². The van der Waals surface area contributed by atoms with E-state index in [1.165, 1.54) is 0 Å². The van der Waals surface area contributed by atoms with Gasteiger partial charge in [0.25, 0.3) is 6.29 Å². The third-order valence-electron chi connectivity index (χ3n) is 3.57. The molecule has 0 bridgehead atoms. The first kappa shape index (κ1) is 20.0. The van der Waals surface area contributed by atoms with Crippen LogP contribution in [0, 0.1) is 0 Å². The average Bonchev–Trinajstić information content (AvgIpc) is 3.11. The van der Waals surface area contributed by atoms with Crippen molar-refractivity contribution in [2.45, 2.75) is 38.4 Å². The molecular formula is C16H20N2O9. The van der Waals surface area contributed by atoms with E-state index in [2.05, 4.69) is 0 Å². The van der Waals surface area contributed by atoms with Crippen LogP contribution in [0.5, 0.6) is 23.5 Å². The van der Waals surface area contributed by atoms with E-state index in [0.29, 0.717) is 28.7 Å². The van der Waals surface area contributed by atoms with Gasteiger partial charge in [0.1, 0.15) is 0 Å². The third kappa shape index (κ3) is 5.31. The highest BCUT2D eigenvalue weighted by atomic mass is 16.8. The average molecular weight is 384 g/mol. The highest BCUT2D eigenvalue weighted by Gasteiger charge is 2.20. The van der Waals surface area contributed by atoms with Crippen molar-refractivity contribution in [1.29, 1.82) is 0 Å². The van der Waals surface area contributed by atoms with Crippen molar-refractivity contribution in [3.8, 4) is 23.5 Å². The van der Waals surface area contributed by atoms with E-state index in [9.17, 15) is 35.1 Å². The number of rotatable bonds is 10. The number of Topliss-reactive ketones (excluding diaryl/α,β-unsaturated/α-hetero) is 1. The fourth-order valence-corrected chi connectivity index (χ4v) is 2.18. The smallest absolute Gasteiger partial charge is 0.333 e. The minimum absolute atomic E-state index is 0.00455. The van der Waals surface area contributed by atoms with Crippen molar-refractivity contribution >= 4 is 11.8 Å². The first-order valence-electron chi connectivity index (χ1n) is 8.08. The van der Waals surface area contributed by atoms with Crippen LogP contribution < -0.4 is 9.68 Å². The third-order valence-corrected chi connectivity index (χ3v) is 3.57. The van der Waals surface area contributed by atoms with Gasteiger partial charge in [0.2, 0.25) is 29.3 Å². The molecule has 0 radical (unpaired) electrons. The second kappa shape index (κ2) is 8.85. The van der Waals surface area contributed by atoms with Crippen LogP contribution in [0.4, 0.5) is 0 Å². The van der Waals surface area contributed by atoms with Crippen LogP contribution in [0.25, 0.3) is 0 Å². The molecule has 1 atom stereocenters. The van der Waals surface area contributed by atoms with Gasteiger partial charge >= 0.3 is 5.97 Å². The lowest BCUT2D eigenvalue weighted by Gasteiger charge is -2.13. The predicted octanol–water partition coefficient (Wildman–Crippen LogP) is 0.0340. The maximum absolute atomic E-state index is 11.8. The summed E-state index contributed by atoms with van der Waals surface area (Å²) in [7, 11) is 0. The molecule has 0 amide bonds. The number of hydrogen-bond acceptors (Lipinski definition) is 9. The molecule has 2 rings (SSSR count). The number of aliphatic hydroxyl groups excluding tert-OH is 1. The molecule has 5 N–H and O–H groups in total. The number of aromatic nitrogens is 2. The molecular weight excluding hydrogens is 364 g/mol. The molecule has 148 valence electrons. The second-order valence-electron chi connectivity index (χ2n) is 5.64. The minimum Gasteiger partial charge on any atom is -0.492 e. The van der Waals surface area contributed by atoms with Crippen LogP contribution in [-0.2, 0) is 9.59 Å². The van der Waals surface area contributed by atoms with Gasteiger partial charge in [-0.3, -0.25) is 4.79 Å². The lowest BCUT2D eigenvalue weighted by Crippen LogP contribution is -2.32. The number of hydrogen-bond donors (Lipinski definition) is 5. The van der Waals surface area contributed by atoms with Gasteiger partial charge < -0.3 is 35.2 Å². The van der Waals surface area contributed by atoms with Crippen molar-refractivity contribution in [2.75, 3.05) is 0 Å². The van der Waals surface area contributed by atoms with Crippen LogP contribution in [0.2, 0.25) is 0 Å². The zero-order valence-corrected chi connectivity index (χ0v) is 14.2. The molecule has 2 aromatic rings. The zero-order chi connectivity index (χ0) is 20.0. The van der Waals surface area contributed by atoms with Gasteiger partial charge in [-0.1, -0.05) is 6.42 Å². The summed E-state index contributed by atoms with van der Waals surface area (Å²) in [6.45, 7) is 0. The van der Waals surface area contributed by atoms with Gasteiger partial charge in [-0.05, 0) is 12.8 Å². The van der Waals surface area contributed by atoms with E-state index in [-0.39, 0.29) is 12.8 Å². The molecule has 0 saturated heterocycles. The molecule has 11 heteroatoms. The highest BCUT2D eigenvalue weighted by molar-refractivity contribution is 5.81. The standard InChI is InChI=1S/C16H20N2O9/c19-10(16(25)27-18-13(22)8-9-14(18)23)4-2-1-3-5-15(24)26-17-11(20)6-7-12(17)21/h6-9,16,20-23,25H,1-5H2. The van der Waals surface area contributed by atoms with Crippen molar-refractivity contribution in [1.82, 2.24) is 9.46 Å². The zero-order valence-electron chi connectivity index (χ0n) is 14.2. The normalized spacial score (nSPS) is 11.9. The Hall–Kier alpha value is -3.34. The molecule has 0 spiro atoms. The number of aromatic hydroxyl groups is 4. The molecule has 11 nitrogen and oxygen atoms in total. The molecule has 27 heavy (non-hydrogen) atoms. The number of unbranched alkanes of at least 4 members (excludes halogenated alkanes) is 2. The number of ketones is 1. The summed E-state index contributed by atoms with van der Waals surface area (Å²) in [5.41, 5.74) is 0. The Morgan fingerprint density at radius 3 is 1.85 bits per heavy atom. The molecule has 1 unspecified atom stereocenters. The van der Waals surface area contributed by atoms with Crippen LogP contribution in [0.15, 0.2) is 24.3 Å². The molecule has 0 aliphatic carbocycles. The topological polar surface area (TPSA) is 164 Å². The summed E-state index contributed by atoms with van der Waals surface area (Å²) in [5, 5.41) is 47.1. The number of carbonyl (C=O) groups is 2. The number of aliphatic hydroxyl groups is 1. The number of carbonyl (C=O) groups excluding carboxylic acids is 2. The molecule has 0 fully saturated rings. The van der Waals surface area contributed by atoms with E-state index in [4.69, 9.17) is 9.68 Å². The van der Waals surface area contributed by atoms with E-state index < -0.39 is 41.6 Å². The quantitative estimate of drug-likeness (QED) is 0.281. The summed E-state index contributed by atoms with van der Waals surface area (Å²) in [6, 6.07) is 4.57. The van der Waals surface area contributed by atoms with Gasteiger partial charge in [0, 0.05) is 37.1 Å². The lowest BCUT2D eigenvalue weighted by molar-refractivity contribution is -0.158. The summed E-state index contributed by atoms with van der Waals surface area (Å²) in [5.74, 6) is -3.12. The summed E-state index contributed by atoms with van der Waals surface area (Å²) >= 11 is 0. The summed E-state index contributed by atoms with van der Waals surface area (Å²) < 4.78 is 1.11. The van der Waals surface area contributed by atoms with Gasteiger partial charge in [0.15, 0.2) is 0 Å². The highest BCUT2D eigenvalue weighted by Crippen LogP contribution is 2.20. The van der Waals surface area contributed by atoms with Gasteiger partial charge in [-0.15, -0.1) is 9.46 Å². The predicted molar refractivity (Wildman–Crippen MR) is 87.8 cm³/mol. The first-order valence-corrected chi connectivity index (χ1v) is 8.08.